The molecule has 6 nitrogen and oxygen atoms in total. The van der Waals surface area contributed by atoms with Gasteiger partial charge in [0.15, 0.2) is 0 Å². The summed E-state index contributed by atoms with van der Waals surface area (Å²) in [5, 5.41) is 0. The minimum atomic E-state index is -0.539. The summed E-state index contributed by atoms with van der Waals surface area (Å²) >= 11 is 0. The van der Waals surface area contributed by atoms with E-state index >= 15 is 0 Å². The second kappa shape index (κ2) is 7.90. The van der Waals surface area contributed by atoms with Crippen LogP contribution >= 0.6 is 0 Å². The zero-order valence-electron chi connectivity index (χ0n) is 13.5. The first-order valence-corrected chi connectivity index (χ1v) is 8.03. The molecular weight excluding hydrogens is 306 g/mol. The van der Waals surface area contributed by atoms with Gasteiger partial charge in [0.2, 0.25) is 0 Å². The molecule has 1 aliphatic heterocycles. The SMILES string of the molecule is NC(=O)c1c(OCCN2CCOCC2)ccnc1-c1ccccc1. The molecule has 1 aliphatic rings. The summed E-state index contributed by atoms with van der Waals surface area (Å²) < 4.78 is 11.2. The monoisotopic (exact) mass is 327 g/mol. The third kappa shape index (κ3) is 3.90. The van der Waals surface area contributed by atoms with Crippen molar-refractivity contribution in [3.8, 4) is 17.0 Å². The molecule has 1 saturated heterocycles. The summed E-state index contributed by atoms with van der Waals surface area (Å²) in [7, 11) is 0. The van der Waals surface area contributed by atoms with Crippen LogP contribution in [0.15, 0.2) is 42.6 Å². The van der Waals surface area contributed by atoms with E-state index in [1.54, 1.807) is 12.3 Å². The highest BCUT2D eigenvalue weighted by molar-refractivity contribution is 6.01. The van der Waals surface area contributed by atoms with Crippen molar-refractivity contribution in [1.29, 1.82) is 0 Å². The predicted octanol–water partition coefficient (Wildman–Crippen LogP) is 1.56. The van der Waals surface area contributed by atoms with E-state index in [1.165, 1.54) is 0 Å². The average Bonchev–Trinajstić information content (AvgIpc) is 2.63. The molecule has 0 bridgehead atoms. The maximum Gasteiger partial charge on any atom is 0.254 e. The number of pyridine rings is 1. The molecule has 6 heteroatoms. The lowest BCUT2D eigenvalue weighted by molar-refractivity contribution is 0.0322. The van der Waals surface area contributed by atoms with Crippen LogP contribution in [0.5, 0.6) is 5.75 Å². The van der Waals surface area contributed by atoms with Gasteiger partial charge in [-0.1, -0.05) is 30.3 Å². The van der Waals surface area contributed by atoms with Gasteiger partial charge in [0.1, 0.15) is 17.9 Å². The van der Waals surface area contributed by atoms with E-state index in [-0.39, 0.29) is 0 Å². The maximum absolute atomic E-state index is 12.0. The van der Waals surface area contributed by atoms with Crippen molar-refractivity contribution >= 4 is 5.91 Å². The Morgan fingerprint density at radius 2 is 1.96 bits per heavy atom. The Bertz CT molecular complexity index is 685. The lowest BCUT2D eigenvalue weighted by Gasteiger charge is -2.26. The maximum atomic E-state index is 12.0. The molecule has 24 heavy (non-hydrogen) atoms. The lowest BCUT2D eigenvalue weighted by Crippen LogP contribution is -2.38. The molecule has 0 spiro atoms. The van der Waals surface area contributed by atoms with Gasteiger partial charge < -0.3 is 15.2 Å². The van der Waals surface area contributed by atoms with Crippen molar-refractivity contribution in [2.75, 3.05) is 39.5 Å². The standard InChI is InChI=1S/C18H21N3O3/c19-18(22)16-15(24-13-10-21-8-11-23-12-9-21)6-7-20-17(16)14-4-2-1-3-5-14/h1-7H,8-13H2,(H2,19,22). The Labute approximate surface area is 141 Å². The minimum absolute atomic E-state index is 0.325. The molecule has 2 aromatic rings. The first kappa shape index (κ1) is 16.4. The summed E-state index contributed by atoms with van der Waals surface area (Å²) in [4.78, 5) is 18.5. The quantitative estimate of drug-likeness (QED) is 0.871. The number of carbonyl (C=O) groups is 1. The third-order valence-electron chi connectivity index (χ3n) is 3.98. The second-order valence-electron chi connectivity index (χ2n) is 5.57. The molecule has 0 atom stereocenters. The number of hydrogen-bond donors (Lipinski definition) is 1. The molecule has 1 aromatic heterocycles. The Morgan fingerprint density at radius 3 is 2.67 bits per heavy atom. The van der Waals surface area contributed by atoms with Gasteiger partial charge >= 0.3 is 0 Å². The fourth-order valence-electron chi connectivity index (χ4n) is 2.73. The summed E-state index contributed by atoms with van der Waals surface area (Å²) in [6, 6.07) is 11.2. The smallest absolute Gasteiger partial charge is 0.254 e. The van der Waals surface area contributed by atoms with Gasteiger partial charge in [-0.15, -0.1) is 0 Å². The molecule has 0 radical (unpaired) electrons. The number of benzene rings is 1. The third-order valence-corrected chi connectivity index (χ3v) is 3.98. The number of aromatic nitrogens is 1. The molecule has 0 aliphatic carbocycles. The molecule has 1 amide bonds. The first-order chi connectivity index (χ1) is 11.8. The van der Waals surface area contributed by atoms with Crippen LogP contribution in [0.25, 0.3) is 11.3 Å². The van der Waals surface area contributed by atoms with Crippen LogP contribution in [-0.4, -0.2) is 55.2 Å². The fourth-order valence-corrected chi connectivity index (χ4v) is 2.73. The van der Waals surface area contributed by atoms with Gasteiger partial charge in [0, 0.05) is 31.4 Å². The van der Waals surface area contributed by atoms with Gasteiger partial charge in [-0.2, -0.15) is 0 Å². The first-order valence-electron chi connectivity index (χ1n) is 8.03. The Balaban J connectivity index is 1.76. The number of carbonyl (C=O) groups excluding carboxylic acids is 1. The van der Waals surface area contributed by atoms with E-state index in [0.717, 1.165) is 38.4 Å². The lowest BCUT2D eigenvalue weighted by atomic mass is 10.0. The van der Waals surface area contributed by atoms with Crippen LogP contribution in [-0.2, 0) is 4.74 Å². The Kier molecular flexibility index (Phi) is 5.40. The van der Waals surface area contributed by atoms with E-state index in [1.807, 2.05) is 30.3 Å². The van der Waals surface area contributed by atoms with E-state index in [0.29, 0.717) is 23.6 Å². The van der Waals surface area contributed by atoms with Crippen LogP contribution in [0.4, 0.5) is 0 Å². The zero-order valence-corrected chi connectivity index (χ0v) is 13.5. The number of nitrogens with zero attached hydrogens (tertiary/aromatic N) is 2. The van der Waals surface area contributed by atoms with Crippen molar-refractivity contribution in [2.24, 2.45) is 5.73 Å². The predicted molar refractivity (Wildman–Crippen MR) is 90.9 cm³/mol. The van der Waals surface area contributed by atoms with Gasteiger partial charge in [0.25, 0.3) is 5.91 Å². The second-order valence-corrected chi connectivity index (χ2v) is 5.57. The number of rotatable bonds is 6. The fraction of sp³-hybridized carbons (Fsp3) is 0.333. The van der Waals surface area contributed by atoms with Crippen molar-refractivity contribution in [3.05, 3.63) is 48.2 Å². The zero-order chi connectivity index (χ0) is 16.8. The summed E-state index contributed by atoms with van der Waals surface area (Å²) in [5.74, 6) is -0.0621. The highest BCUT2D eigenvalue weighted by atomic mass is 16.5. The molecular formula is C18H21N3O3. The molecule has 2 heterocycles. The van der Waals surface area contributed by atoms with Crippen LogP contribution in [0.1, 0.15) is 10.4 Å². The number of nitrogens with two attached hydrogens (primary N) is 1. The summed E-state index contributed by atoms with van der Waals surface area (Å²) in [6.45, 7) is 4.57. The van der Waals surface area contributed by atoms with E-state index in [2.05, 4.69) is 9.88 Å². The Hall–Kier alpha value is -2.44. The largest absolute Gasteiger partial charge is 0.491 e. The highest BCUT2D eigenvalue weighted by Crippen LogP contribution is 2.28. The topological polar surface area (TPSA) is 77.7 Å². The summed E-state index contributed by atoms with van der Waals surface area (Å²) in [6.07, 6.45) is 1.64. The van der Waals surface area contributed by atoms with E-state index < -0.39 is 5.91 Å². The van der Waals surface area contributed by atoms with Gasteiger partial charge in [-0.05, 0) is 6.07 Å². The molecule has 2 N–H and O–H groups in total. The van der Waals surface area contributed by atoms with Crippen molar-refractivity contribution in [3.63, 3.8) is 0 Å². The van der Waals surface area contributed by atoms with Crippen molar-refractivity contribution in [1.82, 2.24) is 9.88 Å². The Morgan fingerprint density at radius 1 is 1.21 bits per heavy atom. The van der Waals surface area contributed by atoms with Crippen LogP contribution in [0, 0.1) is 0 Å². The highest BCUT2D eigenvalue weighted by Gasteiger charge is 2.18. The van der Waals surface area contributed by atoms with Crippen molar-refractivity contribution in [2.45, 2.75) is 0 Å². The normalized spacial score (nSPS) is 15.2. The number of primary amides is 1. The number of amides is 1. The van der Waals surface area contributed by atoms with Crippen LogP contribution in [0.3, 0.4) is 0 Å². The molecule has 0 saturated carbocycles. The van der Waals surface area contributed by atoms with E-state index in [4.69, 9.17) is 15.2 Å². The van der Waals surface area contributed by atoms with Gasteiger partial charge in [-0.25, -0.2) is 0 Å². The number of ether oxygens (including phenoxy) is 2. The number of morpholine rings is 1. The van der Waals surface area contributed by atoms with Gasteiger partial charge in [0.05, 0.1) is 18.9 Å². The average molecular weight is 327 g/mol. The molecule has 0 unspecified atom stereocenters. The van der Waals surface area contributed by atoms with Crippen molar-refractivity contribution < 1.29 is 14.3 Å². The van der Waals surface area contributed by atoms with Gasteiger partial charge in [-0.3, -0.25) is 14.7 Å². The number of hydrogen-bond acceptors (Lipinski definition) is 5. The summed E-state index contributed by atoms with van der Waals surface area (Å²) in [5.41, 5.74) is 7.29. The van der Waals surface area contributed by atoms with E-state index in [9.17, 15) is 4.79 Å². The minimum Gasteiger partial charge on any atom is -0.491 e. The molecule has 3 rings (SSSR count). The molecule has 1 fully saturated rings. The molecule has 1 aromatic carbocycles. The van der Waals surface area contributed by atoms with Crippen LogP contribution < -0.4 is 10.5 Å². The molecule has 126 valence electrons. The van der Waals surface area contributed by atoms with Crippen LogP contribution in [0.2, 0.25) is 0 Å².